The second kappa shape index (κ2) is 10.1. The van der Waals surface area contributed by atoms with Crippen LogP contribution in [0.25, 0.3) is 0 Å². The van der Waals surface area contributed by atoms with Gasteiger partial charge in [0.05, 0.1) is 47.8 Å². The average molecular weight is 443 g/mol. The van der Waals surface area contributed by atoms with Gasteiger partial charge in [-0.2, -0.15) is 0 Å². The molecular weight excluding hydrogens is 418 g/mol. The first-order valence-electron chi connectivity index (χ1n) is 10.3. The lowest BCUT2D eigenvalue weighted by atomic mass is 9.99. The van der Waals surface area contributed by atoms with Crippen molar-refractivity contribution in [2.45, 2.75) is 45.4 Å². The predicted octanol–water partition coefficient (Wildman–Crippen LogP) is 2.74. The first kappa shape index (κ1) is 23.0. The van der Waals surface area contributed by atoms with Crippen LogP contribution in [0.1, 0.15) is 44.1 Å². The number of nitro benzene ring substituents is 1. The fourth-order valence-electron chi connectivity index (χ4n) is 3.65. The molecule has 1 aliphatic rings. The van der Waals surface area contributed by atoms with Crippen molar-refractivity contribution in [2.24, 2.45) is 5.92 Å². The van der Waals surface area contributed by atoms with Crippen molar-refractivity contribution in [2.75, 3.05) is 6.54 Å². The summed E-state index contributed by atoms with van der Waals surface area (Å²) in [5.41, 5.74) is -0.0135. The number of nitrogens with zero attached hydrogens (tertiary/aromatic N) is 2. The summed E-state index contributed by atoms with van der Waals surface area (Å²) in [6.45, 7) is 3.82. The smallest absolute Gasteiger partial charge is 0.308 e. The van der Waals surface area contributed by atoms with Crippen LogP contribution < -0.4 is 5.32 Å². The van der Waals surface area contributed by atoms with Crippen LogP contribution in [0, 0.1) is 16.0 Å². The summed E-state index contributed by atoms with van der Waals surface area (Å²) < 4.78 is 10.4. The number of hydrogen-bond acceptors (Lipinski definition) is 7. The fraction of sp³-hybridized carbons (Fsp3) is 0.409. The highest BCUT2D eigenvalue weighted by Crippen LogP contribution is 2.29. The topological polar surface area (TPSA) is 132 Å². The minimum atomic E-state index is -0.968. The van der Waals surface area contributed by atoms with Crippen molar-refractivity contribution in [1.82, 2.24) is 10.2 Å². The number of likely N-dealkylation sites (tertiary alicyclic amines) is 1. The highest BCUT2D eigenvalue weighted by Gasteiger charge is 2.36. The number of benzene rings is 1. The summed E-state index contributed by atoms with van der Waals surface area (Å²) in [6.07, 6.45) is 0.874. The lowest BCUT2D eigenvalue weighted by Crippen LogP contribution is -2.37. The van der Waals surface area contributed by atoms with Gasteiger partial charge in [0.2, 0.25) is 11.8 Å². The molecule has 2 atom stereocenters. The standard InChI is InChI=1S/C22H25N3O7/c1-14(2)32-21(27)11-18(17-7-3-4-8-19(17)25(29)30)23-22(28)15-10-20(26)24(12-15)13-16-6-5-9-31-16/h3-9,14-15,18H,10-13H2,1-2H3,(H,23,28). The second-order valence-corrected chi connectivity index (χ2v) is 7.87. The van der Waals surface area contributed by atoms with Crippen LogP contribution in [0.4, 0.5) is 5.69 Å². The Morgan fingerprint density at radius 2 is 2.03 bits per heavy atom. The molecule has 170 valence electrons. The van der Waals surface area contributed by atoms with Crippen molar-refractivity contribution in [1.29, 1.82) is 0 Å². The summed E-state index contributed by atoms with van der Waals surface area (Å²) in [4.78, 5) is 50.1. The zero-order chi connectivity index (χ0) is 23.3. The van der Waals surface area contributed by atoms with E-state index in [1.165, 1.54) is 29.4 Å². The highest BCUT2D eigenvalue weighted by molar-refractivity contribution is 5.89. The molecule has 1 aliphatic heterocycles. The zero-order valence-corrected chi connectivity index (χ0v) is 17.9. The number of esters is 1. The van der Waals surface area contributed by atoms with Gasteiger partial charge in [-0.3, -0.25) is 24.5 Å². The van der Waals surface area contributed by atoms with E-state index >= 15 is 0 Å². The van der Waals surface area contributed by atoms with E-state index in [0.717, 1.165) is 0 Å². The minimum Gasteiger partial charge on any atom is -0.467 e. The Morgan fingerprint density at radius 1 is 1.28 bits per heavy atom. The molecular formula is C22H25N3O7. The molecule has 0 spiro atoms. The van der Waals surface area contributed by atoms with E-state index in [1.54, 1.807) is 32.0 Å². The van der Waals surface area contributed by atoms with Crippen LogP contribution in [0.5, 0.6) is 0 Å². The van der Waals surface area contributed by atoms with E-state index in [1.807, 2.05) is 0 Å². The van der Waals surface area contributed by atoms with Crippen LogP contribution >= 0.6 is 0 Å². The first-order chi connectivity index (χ1) is 15.2. The van der Waals surface area contributed by atoms with Gasteiger partial charge in [-0.15, -0.1) is 0 Å². The molecule has 32 heavy (non-hydrogen) atoms. The number of nitrogens with one attached hydrogen (secondary N) is 1. The molecule has 0 aliphatic carbocycles. The molecule has 3 rings (SSSR count). The molecule has 1 aromatic heterocycles. The Kier molecular flexibility index (Phi) is 7.24. The highest BCUT2D eigenvalue weighted by atomic mass is 16.6. The Hall–Kier alpha value is -3.69. The average Bonchev–Trinajstić information content (AvgIpc) is 3.37. The van der Waals surface area contributed by atoms with Crippen molar-refractivity contribution in [3.63, 3.8) is 0 Å². The van der Waals surface area contributed by atoms with Crippen LogP contribution in [-0.4, -0.2) is 40.3 Å². The number of hydrogen-bond donors (Lipinski definition) is 1. The molecule has 10 nitrogen and oxygen atoms in total. The molecule has 2 heterocycles. The Morgan fingerprint density at radius 3 is 2.69 bits per heavy atom. The van der Waals surface area contributed by atoms with Crippen LogP contribution in [0.3, 0.4) is 0 Å². The number of carbonyl (C=O) groups excluding carboxylic acids is 3. The molecule has 2 unspecified atom stereocenters. The molecule has 1 aromatic carbocycles. The van der Waals surface area contributed by atoms with Gasteiger partial charge in [0, 0.05) is 19.0 Å². The Bertz CT molecular complexity index is 987. The molecule has 0 saturated carbocycles. The van der Waals surface area contributed by atoms with Gasteiger partial charge >= 0.3 is 5.97 Å². The summed E-state index contributed by atoms with van der Waals surface area (Å²) in [7, 11) is 0. The molecule has 0 bridgehead atoms. The van der Waals surface area contributed by atoms with Crippen molar-refractivity contribution in [3.05, 3.63) is 64.1 Å². The third-order valence-corrected chi connectivity index (χ3v) is 5.08. The maximum atomic E-state index is 13.0. The van der Waals surface area contributed by atoms with Gasteiger partial charge in [-0.25, -0.2) is 0 Å². The number of furan rings is 1. The lowest BCUT2D eigenvalue weighted by Gasteiger charge is -2.21. The number of rotatable bonds is 9. The van der Waals surface area contributed by atoms with Gasteiger partial charge < -0.3 is 19.4 Å². The molecule has 10 heteroatoms. The summed E-state index contributed by atoms with van der Waals surface area (Å²) in [6, 6.07) is 8.40. The maximum Gasteiger partial charge on any atom is 0.308 e. The van der Waals surface area contributed by atoms with Crippen molar-refractivity contribution in [3.8, 4) is 0 Å². The van der Waals surface area contributed by atoms with E-state index in [9.17, 15) is 24.5 Å². The lowest BCUT2D eigenvalue weighted by molar-refractivity contribution is -0.385. The summed E-state index contributed by atoms with van der Waals surface area (Å²) >= 11 is 0. The fourth-order valence-corrected chi connectivity index (χ4v) is 3.65. The van der Waals surface area contributed by atoms with E-state index < -0.39 is 28.8 Å². The van der Waals surface area contributed by atoms with E-state index in [0.29, 0.717) is 5.76 Å². The van der Waals surface area contributed by atoms with Gasteiger partial charge in [0.15, 0.2) is 0 Å². The summed E-state index contributed by atoms with van der Waals surface area (Å²) in [5, 5.41) is 14.2. The van der Waals surface area contributed by atoms with Gasteiger partial charge in [-0.1, -0.05) is 18.2 Å². The molecule has 0 radical (unpaired) electrons. The number of ether oxygens (including phenoxy) is 1. The van der Waals surface area contributed by atoms with Gasteiger partial charge in [0.25, 0.3) is 5.69 Å². The van der Waals surface area contributed by atoms with Gasteiger partial charge in [0.1, 0.15) is 5.76 Å². The van der Waals surface area contributed by atoms with Crippen molar-refractivity contribution >= 4 is 23.5 Å². The van der Waals surface area contributed by atoms with Crippen LogP contribution in [-0.2, 0) is 25.7 Å². The van der Waals surface area contributed by atoms with E-state index in [-0.39, 0.29) is 49.2 Å². The molecule has 1 N–H and O–H groups in total. The number of nitro groups is 1. The second-order valence-electron chi connectivity index (χ2n) is 7.87. The molecule has 1 saturated heterocycles. The third-order valence-electron chi connectivity index (χ3n) is 5.08. The first-order valence-corrected chi connectivity index (χ1v) is 10.3. The molecule has 1 fully saturated rings. The quantitative estimate of drug-likeness (QED) is 0.358. The number of carbonyl (C=O) groups is 3. The van der Waals surface area contributed by atoms with Crippen LogP contribution in [0.2, 0.25) is 0 Å². The predicted molar refractivity (Wildman–Crippen MR) is 112 cm³/mol. The van der Waals surface area contributed by atoms with Crippen LogP contribution in [0.15, 0.2) is 47.1 Å². The van der Waals surface area contributed by atoms with E-state index in [4.69, 9.17) is 9.15 Å². The number of para-hydroxylation sites is 1. The SMILES string of the molecule is CC(C)OC(=O)CC(NC(=O)C1CC(=O)N(Cc2ccco2)C1)c1ccccc1[N+](=O)[O-]. The monoisotopic (exact) mass is 443 g/mol. The maximum absolute atomic E-state index is 13.0. The van der Waals surface area contributed by atoms with Crippen molar-refractivity contribution < 1.29 is 28.5 Å². The Balaban J connectivity index is 1.75. The zero-order valence-electron chi connectivity index (χ0n) is 17.9. The minimum absolute atomic E-state index is 0.00653. The molecule has 2 aromatic rings. The molecule has 2 amide bonds. The summed E-state index contributed by atoms with van der Waals surface area (Å²) in [5.74, 6) is -1.29. The van der Waals surface area contributed by atoms with E-state index in [2.05, 4.69) is 5.32 Å². The Labute approximate surface area is 184 Å². The van der Waals surface area contributed by atoms with Gasteiger partial charge in [-0.05, 0) is 26.0 Å². The normalized spacial score (nSPS) is 16.8. The number of amides is 2. The largest absolute Gasteiger partial charge is 0.467 e. The third kappa shape index (κ3) is 5.71.